The van der Waals surface area contributed by atoms with Crippen LogP contribution in [-0.2, 0) is 0 Å². The number of hydrogen-bond donors (Lipinski definition) is 2. The minimum Gasteiger partial charge on any atom is -0.388 e. The molecule has 10 heavy (non-hydrogen) atoms. The Labute approximate surface area is 66.2 Å². The molecule has 3 N–H and O–H groups in total. The lowest BCUT2D eigenvalue weighted by atomic mass is 9.99. The number of hydrogen-bond acceptors (Lipinski definition) is 3. The van der Waals surface area contributed by atoms with E-state index in [9.17, 15) is 5.11 Å². The molecule has 2 atom stereocenters. The van der Waals surface area contributed by atoms with Crippen LogP contribution in [0.5, 0.6) is 0 Å². The molecule has 3 heteroatoms. The first kappa shape index (κ1) is 8.37. The zero-order chi connectivity index (χ0) is 7.61. The van der Waals surface area contributed by atoms with Crippen molar-refractivity contribution in [2.45, 2.75) is 30.6 Å². The van der Waals surface area contributed by atoms with Gasteiger partial charge in [0.15, 0.2) is 0 Å². The highest BCUT2D eigenvalue weighted by molar-refractivity contribution is 8.00. The SMILES string of the molecule is CC1CCC(O)(CN)CS1. The van der Waals surface area contributed by atoms with Crippen molar-refractivity contribution in [2.75, 3.05) is 12.3 Å². The summed E-state index contributed by atoms with van der Waals surface area (Å²) in [4.78, 5) is 0. The molecule has 0 bridgehead atoms. The van der Waals surface area contributed by atoms with Crippen molar-refractivity contribution < 1.29 is 5.11 Å². The summed E-state index contributed by atoms with van der Waals surface area (Å²) in [7, 11) is 0. The average Bonchev–Trinajstić information content (AvgIpc) is 1.96. The fraction of sp³-hybridized carbons (Fsp3) is 1.00. The van der Waals surface area contributed by atoms with Crippen LogP contribution in [-0.4, -0.2) is 28.3 Å². The lowest BCUT2D eigenvalue weighted by Gasteiger charge is -2.33. The molecule has 0 radical (unpaired) electrons. The molecule has 1 fully saturated rings. The normalized spacial score (nSPS) is 41.7. The molecule has 1 aliphatic rings. The van der Waals surface area contributed by atoms with Crippen LogP contribution in [0.2, 0.25) is 0 Å². The Morgan fingerprint density at radius 3 is 2.90 bits per heavy atom. The maximum atomic E-state index is 9.65. The van der Waals surface area contributed by atoms with Gasteiger partial charge in [0.1, 0.15) is 0 Å². The van der Waals surface area contributed by atoms with E-state index in [1.165, 1.54) is 0 Å². The first-order valence-electron chi connectivity index (χ1n) is 3.70. The predicted molar refractivity (Wildman–Crippen MR) is 45.2 cm³/mol. The van der Waals surface area contributed by atoms with Gasteiger partial charge in [-0.05, 0) is 12.8 Å². The number of nitrogens with two attached hydrogens (primary N) is 1. The third-order valence-corrected chi connectivity index (χ3v) is 3.54. The molecule has 0 spiro atoms. The summed E-state index contributed by atoms with van der Waals surface area (Å²) in [5.74, 6) is 0.810. The van der Waals surface area contributed by atoms with Crippen molar-refractivity contribution in [1.82, 2.24) is 0 Å². The molecule has 60 valence electrons. The van der Waals surface area contributed by atoms with Crippen LogP contribution >= 0.6 is 11.8 Å². The molecule has 0 aromatic heterocycles. The van der Waals surface area contributed by atoms with Crippen molar-refractivity contribution in [3.63, 3.8) is 0 Å². The molecule has 0 saturated carbocycles. The summed E-state index contributed by atoms with van der Waals surface area (Å²) in [6, 6.07) is 0. The smallest absolute Gasteiger partial charge is 0.0859 e. The van der Waals surface area contributed by atoms with Crippen LogP contribution in [0.1, 0.15) is 19.8 Å². The molecular formula is C7H15NOS. The second-order valence-electron chi connectivity index (χ2n) is 3.09. The van der Waals surface area contributed by atoms with Crippen LogP contribution in [0.15, 0.2) is 0 Å². The molecule has 2 nitrogen and oxygen atoms in total. The Kier molecular flexibility index (Phi) is 2.61. The quantitative estimate of drug-likeness (QED) is 0.592. The summed E-state index contributed by atoms with van der Waals surface area (Å²) in [6.07, 6.45) is 1.97. The molecule has 0 aromatic rings. The van der Waals surface area contributed by atoms with Gasteiger partial charge in [0.25, 0.3) is 0 Å². The molecule has 0 aromatic carbocycles. The van der Waals surface area contributed by atoms with E-state index in [1.807, 2.05) is 11.8 Å². The molecule has 1 saturated heterocycles. The van der Waals surface area contributed by atoms with E-state index in [1.54, 1.807) is 0 Å². The van der Waals surface area contributed by atoms with Gasteiger partial charge in [-0.2, -0.15) is 11.8 Å². The van der Waals surface area contributed by atoms with Crippen molar-refractivity contribution >= 4 is 11.8 Å². The zero-order valence-electron chi connectivity index (χ0n) is 6.34. The third-order valence-electron chi connectivity index (χ3n) is 2.03. The van der Waals surface area contributed by atoms with Gasteiger partial charge in [-0.25, -0.2) is 0 Å². The summed E-state index contributed by atoms with van der Waals surface area (Å²) >= 11 is 1.82. The fourth-order valence-electron chi connectivity index (χ4n) is 1.09. The molecule has 0 amide bonds. The van der Waals surface area contributed by atoms with Crippen molar-refractivity contribution in [3.05, 3.63) is 0 Å². The number of aliphatic hydroxyl groups is 1. The first-order chi connectivity index (χ1) is 4.66. The van der Waals surface area contributed by atoms with Crippen molar-refractivity contribution in [2.24, 2.45) is 5.73 Å². The summed E-state index contributed by atoms with van der Waals surface area (Å²) in [5, 5.41) is 10.4. The molecule has 1 rings (SSSR count). The average molecular weight is 161 g/mol. The predicted octanol–water partition coefficient (Wildman–Crippen LogP) is 0.592. The standard InChI is InChI=1S/C7H15NOS/c1-6-2-3-7(9,4-8)5-10-6/h6,9H,2-5,8H2,1H3. The van der Waals surface area contributed by atoms with Gasteiger partial charge in [0.05, 0.1) is 5.60 Å². The highest BCUT2D eigenvalue weighted by Gasteiger charge is 2.30. The molecule has 1 heterocycles. The third kappa shape index (κ3) is 1.87. The van der Waals surface area contributed by atoms with Gasteiger partial charge in [-0.1, -0.05) is 6.92 Å². The van der Waals surface area contributed by atoms with Crippen LogP contribution in [0.3, 0.4) is 0 Å². The van der Waals surface area contributed by atoms with Gasteiger partial charge in [-0.15, -0.1) is 0 Å². The highest BCUT2D eigenvalue weighted by Crippen LogP contribution is 2.30. The molecular weight excluding hydrogens is 146 g/mol. The minimum absolute atomic E-state index is 0.409. The van der Waals surface area contributed by atoms with Crippen molar-refractivity contribution in [1.29, 1.82) is 0 Å². The Hall–Kier alpha value is 0.270. The van der Waals surface area contributed by atoms with Crippen LogP contribution in [0, 0.1) is 0 Å². The lowest BCUT2D eigenvalue weighted by Crippen LogP contribution is -2.43. The van der Waals surface area contributed by atoms with E-state index in [-0.39, 0.29) is 0 Å². The van der Waals surface area contributed by atoms with E-state index >= 15 is 0 Å². The number of thioether (sulfide) groups is 1. The monoisotopic (exact) mass is 161 g/mol. The van der Waals surface area contributed by atoms with Crippen molar-refractivity contribution in [3.8, 4) is 0 Å². The van der Waals surface area contributed by atoms with Gasteiger partial charge in [-0.3, -0.25) is 0 Å². The van der Waals surface area contributed by atoms with E-state index in [4.69, 9.17) is 5.73 Å². The molecule has 1 aliphatic heterocycles. The lowest BCUT2D eigenvalue weighted by molar-refractivity contribution is 0.0593. The van der Waals surface area contributed by atoms with Gasteiger partial charge in [0.2, 0.25) is 0 Å². The Balaban J connectivity index is 2.38. The Morgan fingerprint density at radius 1 is 1.80 bits per heavy atom. The summed E-state index contributed by atoms with van der Waals surface area (Å²) in [5.41, 5.74) is 4.86. The minimum atomic E-state index is -0.558. The highest BCUT2D eigenvalue weighted by atomic mass is 32.2. The summed E-state index contributed by atoms with van der Waals surface area (Å²) < 4.78 is 0. The second-order valence-corrected chi connectivity index (χ2v) is 4.52. The maximum Gasteiger partial charge on any atom is 0.0859 e. The Morgan fingerprint density at radius 2 is 2.50 bits per heavy atom. The van der Waals surface area contributed by atoms with Gasteiger partial charge < -0.3 is 10.8 Å². The second kappa shape index (κ2) is 3.11. The van der Waals surface area contributed by atoms with E-state index in [2.05, 4.69) is 6.92 Å². The van der Waals surface area contributed by atoms with Crippen LogP contribution in [0.25, 0.3) is 0 Å². The topological polar surface area (TPSA) is 46.2 Å². The molecule has 2 unspecified atom stereocenters. The fourth-order valence-corrected chi connectivity index (χ4v) is 2.23. The van der Waals surface area contributed by atoms with Gasteiger partial charge >= 0.3 is 0 Å². The van der Waals surface area contributed by atoms with Crippen LogP contribution in [0.4, 0.5) is 0 Å². The van der Waals surface area contributed by atoms with Crippen LogP contribution < -0.4 is 5.73 Å². The van der Waals surface area contributed by atoms with E-state index < -0.39 is 5.60 Å². The summed E-state index contributed by atoms with van der Waals surface area (Å²) in [6.45, 7) is 2.60. The largest absolute Gasteiger partial charge is 0.388 e. The number of rotatable bonds is 1. The van der Waals surface area contributed by atoms with Gasteiger partial charge in [0, 0.05) is 17.5 Å². The Bertz CT molecular complexity index is 110. The van der Waals surface area contributed by atoms with E-state index in [0.29, 0.717) is 11.8 Å². The maximum absolute atomic E-state index is 9.65. The van der Waals surface area contributed by atoms with E-state index in [0.717, 1.165) is 18.6 Å². The molecule has 0 aliphatic carbocycles. The zero-order valence-corrected chi connectivity index (χ0v) is 7.16. The first-order valence-corrected chi connectivity index (χ1v) is 4.75.